The summed E-state index contributed by atoms with van der Waals surface area (Å²) in [5.41, 5.74) is 2.24. The van der Waals surface area contributed by atoms with Gasteiger partial charge < -0.3 is 15.0 Å². The third kappa shape index (κ3) is 4.85. The van der Waals surface area contributed by atoms with Crippen molar-refractivity contribution in [1.29, 1.82) is 0 Å². The molecular formula is C22H29N2O2+. The summed E-state index contributed by atoms with van der Waals surface area (Å²) in [5.74, 6) is 1.62. The highest BCUT2D eigenvalue weighted by Gasteiger charge is 2.30. The molecule has 0 spiro atoms. The van der Waals surface area contributed by atoms with Crippen LogP contribution in [0.4, 0.5) is 5.69 Å². The van der Waals surface area contributed by atoms with Gasteiger partial charge in [0, 0.05) is 5.69 Å². The molecular weight excluding hydrogens is 324 g/mol. The highest BCUT2D eigenvalue weighted by Crippen LogP contribution is 2.17. The Hall–Kier alpha value is -2.33. The molecule has 1 amide bonds. The van der Waals surface area contributed by atoms with E-state index in [2.05, 4.69) is 35.6 Å². The number of hydrogen-bond donors (Lipinski definition) is 2. The summed E-state index contributed by atoms with van der Waals surface area (Å²) in [6.45, 7) is 4.16. The third-order valence-corrected chi connectivity index (χ3v) is 5.48. The lowest BCUT2D eigenvalue weighted by Crippen LogP contribution is -3.17. The summed E-state index contributed by atoms with van der Waals surface area (Å²) in [7, 11) is 1.64. The lowest BCUT2D eigenvalue weighted by molar-refractivity contribution is -0.919. The van der Waals surface area contributed by atoms with Gasteiger partial charge in [-0.25, -0.2) is 0 Å². The standard InChI is InChI=1S/C22H28N2O2/c1-17(22(25)23-20-8-10-21(26-2)11-9-20)24-14-12-19(13-15-24)16-18-6-4-3-5-7-18/h3-11,17,19H,12-16H2,1-2H3,(H,23,25)/p+1/t17-/m0/s1. The molecule has 4 heteroatoms. The summed E-state index contributed by atoms with van der Waals surface area (Å²) >= 11 is 0. The summed E-state index contributed by atoms with van der Waals surface area (Å²) in [4.78, 5) is 14.0. The van der Waals surface area contributed by atoms with Crippen LogP contribution >= 0.6 is 0 Å². The predicted octanol–water partition coefficient (Wildman–Crippen LogP) is 2.56. The van der Waals surface area contributed by atoms with E-state index in [1.165, 1.54) is 23.3 Å². The number of rotatable bonds is 6. The minimum Gasteiger partial charge on any atom is -0.497 e. The monoisotopic (exact) mass is 353 g/mol. The Morgan fingerprint density at radius 1 is 1.12 bits per heavy atom. The Labute approximate surface area is 156 Å². The molecule has 1 atom stereocenters. The number of benzene rings is 2. The molecule has 0 radical (unpaired) electrons. The number of hydrogen-bond acceptors (Lipinski definition) is 2. The van der Waals surface area contributed by atoms with Gasteiger partial charge in [0.2, 0.25) is 0 Å². The van der Waals surface area contributed by atoms with E-state index in [1.807, 2.05) is 31.2 Å². The first-order valence-electron chi connectivity index (χ1n) is 9.49. The van der Waals surface area contributed by atoms with Gasteiger partial charge in [-0.05, 0) is 61.9 Å². The molecule has 4 nitrogen and oxygen atoms in total. The number of anilines is 1. The zero-order valence-electron chi connectivity index (χ0n) is 15.7. The molecule has 1 aliphatic heterocycles. The van der Waals surface area contributed by atoms with Gasteiger partial charge in [0.1, 0.15) is 5.75 Å². The Morgan fingerprint density at radius 3 is 2.38 bits per heavy atom. The second-order valence-corrected chi connectivity index (χ2v) is 7.23. The fourth-order valence-electron chi connectivity index (χ4n) is 3.74. The van der Waals surface area contributed by atoms with Gasteiger partial charge in [-0.15, -0.1) is 0 Å². The Balaban J connectivity index is 1.47. The second-order valence-electron chi connectivity index (χ2n) is 7.23. The second kappa shape index (κ2) is 8.86. The van der Waals surface area contributed by atoms with E-state index in [-0.39, 0.29) is 11.9 Å². The molecule has 0 aliphatic carbocycles. The Kier molecular flexibility index (Phi) is 6.29. The van der Waals surface area contributed by atoms with E-state index < -0.39 is 0 Å². The maximum absolute atomic E-state index is 12.6. The average molecular weight is 353 g/mol. The number of nitrogens with one attached hydrogen (secondary N) is 2. The van der Waals surface area contributed by atoms with Crippen molar-refractivity contribution in [3.8, 4) is 5.75 Å². The van der Waals surface area contributed by atoms with Gasteiger partial charge in [-0.2, -0.15) is 0 Å². The summed E-state index contributed by atoms with van der Waals surface area (Å²) in [6, 6.07) is 18.2. The fraction of sp³-hybridized carbons (Fsp3) is 0.409. The highest BCUT2D eigenvalue weighted by molar-refractivity contribution is 5.93. The maximum atomic E-state index is 12.6. The number of quaternary nitrogens is 1. The normalized spacial score (nSPS) is 21.0. The Morgan fingerprint density at radius 2 is 1.77 bits per heavy atom. The summed E-state index contributed by atoms with van der Waals surface area (Å²) in [6.07, 6.45) is 3.52. The molecule has 26 heavy (non-hydrogen) atoms. The predicted molar refractivity (Wildman–Crippen MR) is 105 cm³/mol. The van der Waals surface area contributed by atoms with Crippen molar-refractivity contribution in [2.24, 2.45) is 5.92 Å². The van der Waals surface area contributed by atoms with Crippen molar-refractivity contribution >= 4 is 11.6 Å². The van der Waals surface area contributed by atoms with Crippen LogP contribution in [0.25, 0.3) is 0 Å². The molecule has 1 saturated heterocycles. The van der Waals surface area contributed by atoms with Crippen LogP contribution in [-0.4, -0.2) is 32.1 Å². The van der Waals surface area contributed by atoms with Crippen molar-refractivity contribution in [3.63, 3.8) is 0 Å². The fourth-order valence-corrected chi connectivity index (χ4v) is 3.74. The lowest BCUT2D eigenvalue weighted by Gasteiger charge is -2.32. The zero-order valence-corrected chi connectivity index (χ0v) is 15.7. The van der Waals surface area contributed by atoms with Crippen LogP contribution in [-0.2, 0) is 11.2 Å². The first kappa shape index (κ1) is 18.5. The molecule has 0 unspecified atom stereocenters. The van der Waals surface area contributed by atoms with Gasteiger partial charge in [-0.1, -0.05) is 30.3 Å². The molecule has 2 aromatic rings. The Bertz CT molecular complexity index is 692. The van der Waals surface area contributed by atoms with Crippen LogP contribution in [0.3, 0.4) is 0 Å². The van der Waals surface area contributed by atoms with Crippen molar-refractivity contribution < 1.29 is 14.4 Å². The number of carbonyl (C=O) groups excluding carboxylic acids is 1. The topological polar surface area (TPSA) is 42.8 Å². The lowest BCUT2D eigenvalue weighted by atomic mass is 9.89. The van der Waals surface area contributed by atoms with E-state index in [9.17, 15) is 4.79 Å². The summed E-state index contributed by atoms with van der Waals surface area (Å²) < 4.78 is 5.15. The molecule has 0 bridgehead atoms. The number of ether oxygens (including phenoxy) is 1. The number of methoxy groups -OCH3 is 1. The number of piperidine rings is 1. The van der Waals surface area contributed by atoms with Gasteiger partial charge in [0.15, 0.2) is 6.04 Å². The van der Waals surface area contributed by atoms with Crippen LogP contribution in [0.1, 0.15) is 25.3 Å². The van der Waals surface area contributed by atoms with Crippen LogP contribution in [0.5, 0.6) is 5.75 Å². The van der Waals surface area contributed by atoms with Crippen LogP contribution in [0, 0.1) is 5.92 Å². The van der Waals surface area contributed by atoms with E-state index in [0.717, 1.165) is 36.9 Å². The van der Waals surface area contributed by atoms with Crippen molar-refractivity contribution in [1.82, 2.24) is 0 Å². The average Bonchev–Trinajstić information content (AvgIpc) is 2.69. The third-order valence-electron chi connectivity index (χ3n) is 5.48. The van der Waals surface area contributed by atoms with E-state index in [0.29, 0.717) is 0 Å². The number of amides is 1. The quantitative estimate of drug-likeness (QED) is 0.838. The van der Waals surface area contributed by atoms with Crippen LogP contribution in [0.15, 0.2) is 54.6 Å². The molecule has 2 aromatic carbocycles. The minimum absolute atomic E-state index is 0.0326. The summed E-state index contributed by atoms with van der Waals surface area (Å²) in [5, 5.41) is 3.03. The first-order valence-corrected chi connectivity index (χ1v) is 9.49. The first-order chi connectivity index (χ1) is 12.7. The van der Waals surface area contributed by atoms with E-state index >= 15 is 0 Å². The van der Waals surface area contributed by atoms with Gasteiger partial charge in [-0.3, -0.25) is 4.79 Å². The van der Waals surface area contributed by atoms with Crippen molar-refractivity contribution in [2.45, 2.75) is 32.2 Å². The van der Waals surface area contributed by atoms with Crippen molar-refractivity contribution in [3.05, 3.63) is 60.2 Å². The molecule has 0 saturated carbocycles. The number of carbonyl (C=O) groups is 1. The van der Waals surface area contributed by atoms with Gasteiger partial charge >= 0.3 is 0 Å². The zero-order chi connectivity index (χ0) is 18.4. The van der Waals surface area contributed by atoms with Gasteiger partial charge in [0.25, 0.3) is 5.91 Å². The molecule has 1 aliphatic rings. The smallest absolute Gasteiger partial charge is 0.282 e. The van der Waals surface area contributed by atoms with Crippen molar-refractivity contribution in [2.75, 3.05) is 25.5 Å². The molecule has 138 valence electrons. The van der Waals surface area contributed by atoms with Crippen LogP contribution in [0.2, 0.25) is 0 Å². The van der Waals surface area contributed by atoms with Crippen LogP contribution < -0.4 is 15.0 Å². The molecule has 1 fully saturated rings. The maximum Gasteiger partial charge on any atom is 0.282 e. The van der Waals surface area contributed by atoms with Gasteiger partial charge in [0.05, 0.1) is 20.2 Å². The van der Waals surface area contributed by atoms with E-state index in [4.69, 9.17) is 4.74 Å². The molecule has 2 N–H and O–H groups in total. The van der Waals surface area contributed by atoms with E-state index in [1.54, 1.807) is 7.11 Å². The SMILES string of the molecule is COc1ccc(NC(=O)[C@H](C)[NH+]2CCC(Cc3ccccc3)CC2)cc1. The molecule has 3 rings (SSSR count). The minimum atomic E-state index is -0.0326. The molecule has 0 aromatic heterocycles. The highest BCUT2D eigenvalue weighted by atomic mass is 16.5. The number of likely N-dealkylation sites (tertiary alicyclic amines) is 1. The molecule has 1 heterocycles. The largest absolute Gasteiger partial charge is 0.497 e.